The Morgan fingerprint density at radius 2 is 0.973 bits per heavy atom. The Morgan fingerprint density at radius 3 is 1.30 bits per heavy atom. The average Bonchev–Trinajstić information content (AvgIpc) is 3.61. The normalized spacial score (nSPS) is 10.4. The van der Waals surface area contributed by atoms with E-state index >= 15 is 0 Å². The first-order valence-corrected chi connectivity index (χ1v) is 10.2. The second-order valence-electron chi connectivity index (χ2n) is 6.81. The molecule has 37 heavy (non-hydrogen) atoms. The molecule has 2 heterocycles. The number of aromatic carboxylic acids is 2. The van der Waals surface area contributed by atoms with Gasteiger partial charge in [-0.3, -0.25) is 19.6 Å². The molecular weight excluding hydrogens is 534 g/mol. The SMILES string of the molecule is O=C(C=Nc1ccccc1C(=O)[O-])c1ccco1.O=C(C=Nc1ccccc1C(=O)[O-])c1ccco1.[Zn+2]. The van der Waals surface area contributed by atoms with Crippen molar-refractivity contribution in [3.8, 4) is 0 Å². The van der Waals surface area contributed by atoms with Crippen LogP contribution >= 0.6 is 0 Å². The van der Waals surface area contributed by atoms with Gasteiger partial charge in [0, 0.05) is 11.1 Å². The Bertz CT molecular complexity index is 1310. The number of ketones is 2. The summed E-state index contributed by atoms with van der Waals surface area (Å²) in [4.78, 5) is 52.4. The van der Waals surface area contributed by atoms with E-state index < -0.39 is 23.5 Å². The van der Waals surface area contributed by atoms with Crippen molar-refractivity contribution in [1.82, 2.24) is 0 Å². The summed E-state index contributed by atoms with van der Waals surface area (Å²) in [6.07, 6.45) is 4.77. The summed E-state index contributed by atoms with van der Waals surface area (Å²) < 4.78 is 9.78. The second-order valence-corrected chi connectivity index (χ2v) is 6.81. The molecule has 0 amide bonds. The third kappa shape index (κ3) is 8.15. The van der Waals surface area contributed by atoms with Gasteiger partial charge in [0.1, 0.15) is 0 Å². The molecule has 0 aliphatic carbocycles. The molecule has 180 valence electrons. The summed E-state index contributed by atoms with van der Waals surface area (Å²) in [5, 5.41) is 21.6. The minimum absolute atomic E-state index is 0. The minimum atomic E-state index is -1.34. The van der Waals surface area contributed by atoms with Crippen LogP contribution in [0, 0.1) is 0 Å². The number of hydrogen-bond acceptors (Lipinski definition) is 10. The maximum Gasteiger partial charge on any atom is 2.00 e. The fourth-order valence-corrected chi connectivity index (χ4v) is 2.74. The van der Waals surface area contributed by atoms with Crippen molar-refractivity contribution in [3.05, 3.63) is 108 Å². The standard InChI is InChI=1S/2C13H9NO4.Zn/c2*15-11(12-6-3-7-18-12)8-14-10-5-2-1-4-9(10)13(16)17;/h2*1-8H,(H,16,17);/q;;+2/p-2. The van der Waals surface area contributed by atoms with Crippen LogP contribution in [0.3, 0.4) is 0 Å². The summed E-state index contributed by atoms with van der Waals surface area (Å²) in [6, 6.07) is 18.2. The predicted molar refractivity (Wildman–Crippen MR) is 124 cm³/mol. The number of Topliss-reactive ketones (excluding diaryl/α,β-unsaturated/α-hetero) is 2. The number of nitrogens with zero attached hydrogens (tertiary/aromatic N) is 2. The van der Waals surface area contributed by atoms with Crippen LogP contribution in [0.5, 0.6) is 0 Å². The topological polar surface area (TPSA) is 165 Å². The second kappa shape index (κ2) is 14.0. The van der Waals surface area contributed by atoms with E-state index in [0.717, 1.165) is 12.4 Å². The number of benzene rings is 2. The summed E-state index contributed by atoms with van der Waals surface area (Å²) in [5.41, 5.74) is 0.191. The van der Waals surface area contributed by atoms with Crippen LogP contribution in [-0.2, 0) is 19.5 Å². The predicted octanol–water partition coefficient (Wildman–Crippen LogP) is 2.45. The van der Waals surface area contributed by atoms with E-state index in [-0.39, 0.29) is 53.5 Å². The molecule has 0 fully saturated rings. The van der Waals surface area contributed by atoms with Gasteiger partial charge in [-0.2, -0.15) is 0 Å². The summed E-state index contributed by atoms with van der Waals surface area (Å²) in [6.45, 7) is 0. The largest absolute Gasteiger partial charge is 2.00 e. The number of rotatable bonds is 8. The van der Waals surface area contributed by atoms with E-state index in [1.807, 2.05) is 0 Å². The molecule has 0 aliphatic rings. The Balaban J connectivity index is 0.000000253. The monoisotopic (exact) mass is 548 g/mol. The zero-order valence-corrected chi connectivity index (χ0v) is 22.1. The fraction of sp³-hybridized carbons (Fsp3) is 0. The molecule has 10 nitrogen and oxygen atoms in total. The maximum absolute atomic E-state index is 11.6. The fourth-order valence-electron chi connectivity index (χ4n) is 2.74. The van der Waals surface area contributed by atoms with Crippen molar-refractivity contribution in [2.75, 3.05) is 0 Å². The van der Waals surface area contributed by atoms with E-state index in [9.17, 15) is 29.4 Å². The van der Waals surface area contributed by atoms with Crippen LogP contribution in [-0.4, -0.2) is 35.9 Å². The molecule has 4 rings (SSSR count). The van der Waals surface area contributed by atoms with E-state index in [1.165, 1.54) is 48.9 Å². The number of carboxylic acids is 2. The number of furan rings is 2. The average molecular weight is 550 g/mol. The van der Waals surface area contributed by atoms with Gasteiger partial charge >= 0.3 is 19.5 Å². The molecule has 0 N–H and O–H groups in total. The molecule has 0 saturated carbocycles. The van der Waals surface area contributed by atoms with Crippen molar-refractivity contribution in [3.63, 3.8) is 0 Å². The van der Waals surface area contributed by atoms with Gasteiger partial charge in [-0.1, -0.05) is 36.4 Å². The Labute approximate surface area is 222 Å². The van der Waals surface area contributed by atoms with Crippen molar-refractivity contribution in [2.24, 2.45) is 9.98 Å². The number of para-hydroxylation sites is 2. The van der Waals surface area contributed by atoms with Crippen molar-refractivity contribution < 1.29 is 57.7 Å². The van der Waals surface area contributed by atoms with E-state index in [4.69, 9.17) is 8.83 Å². The summed E-state index contributed by atoms with van der Waals surface area (Å²) >= 11 is 0. The smallest absolute Gasteiger partial charge is 0.545 e. The van der Waals surface area contributed by atoms with Gasteiger partial charge in [0.2, 0.25) is 11.6 Å². The van der Waals surface area contributed by atoms with Crippen LogP contribution in [0.25, 0.3) is 0 Å². The molecular formula is C26H16N2O8Zn. The van der Waals surface area contributed by atoms with Crippen molar-refractivity contribution in [1.29, 1.82) is 0 Å². The van der Waals surface area contributed by atoms with E-state index in [0.29, 0.717) is 0 Å². The maximum atomic E-state index is 11.6. The van der Waals surface area contributed by atoms with Gasteiger partial charge < -0.3 is 28.6 Å². The van der Waals surface area contributed by atoms with Crippen LogP contribution in [0.4, 0.5) is 11.4 Å². The van der Waals surface area contributed by atoms with Gasteiger partial charge in [-0.25, -0.2) is 0 Å². The van der Waals surface area contributed by atoms with E-state index in [1.54, 1.807) is 36.4 Å². The van der Waals surface area contributed by atoms with Crippen molar-refractivity contribution in [2.45, 2.75) is 0 Å². The first-order valence-electron chi connectivity index (χ1n) is 10.2. The van der Waals surface area contributed by atoms with Gasteiger partial charge in [-0.15, -0.1) is 0 Å². The van der Waals surface area contributed by atoms with Crippen LogP contribution in [0.15, 0.2) is 104 Å². The summed E-state index contributed by atoms with van der Waals surface area (Å²) in [5.74, 6) is -3.27. The molecule has 0 saturated heterocycles. The molecule has 0 radical (unpaired) electrons. The Kier molecular flexibility index (Phi) is 10.7. The molecule has 2 aromatic carbocycles. The molecule has 0 aliphatic heterocycles. The zero-order valence-electron chi connectivity index (χ0n) is 19.1. The van der Waals surface area contributed by atoms with Crippen LogP contribution < -0.4 is 10.2 Å². The third-order valence-corrected chi connectivity index (χ3v) is 4.42. The number of hydrogen-bond donors (Lipinski definition) is 0. The van der Waals surface area contributed by atoms with Crippen LogP contribution in [0.1, 0.15) is 41.8 Å². The molecule has 2 aromatic heterocycles. The molecule has 4 aromatic rings. The third-order valence-electron chi connectivity index (χ3n) is 4.42. The molecule has 11 heteroatoms. The van der Waals surface area contributed by atoms with Crippen LogP contribution in [0.2, 0.25) is 0 Å². The van der Waals surface area contributed by atoms with E-state index in [2.05, 4.69) is 9.98 Å². The number of carbonyl (C=O) groups excluding carboxylic acids is 4. The molecule has 0 unspecified atom stereocenters. The quantitative estimate of drug-likeness (QED) is 0.184. The Hall–Kier alpha value is -4.76. The van der Waals surface area contributed by atoms with Crippen molar-refractivity contribution >= 4 is 47.3 Å². The van der Waals surface area contributed by atoms with Gasteiger partial charge in [0.05, 0.1) is 48.3 Å². The zero-order chi connectivity index (χ0) is 25.9. The molecule has 0 atom stereocenters. The summed E-state index contributed by atoms with van der Waals surface area (Å²) in [7, 11) is 0. The molecule has 0 bridgehead atoms. The first-order chi connectivity index (χ1) is 17.4. The number of carboxylic acid groups (broad SMARTS) is 2. The van der Waals surface area contributed by atoms with Gasteiger partial charge in [0.25, 0.3) is 0 Å². The van der Waals surface area contributed by atoms with Gasteiger partial charge in [0.15, 0.2) is 11.5 Å². The minimum Gasteiger partial charge on any atom is -0.545 e. The van der Waals surface area contributed by atoms with Gasteiger partial charge in [-0.05, 0) is 36.4 Å². The first kappa shape index (κ1) is 28.5. The number of carbonyl (C=O) groups is 4. The number of aliphatic imine (C=N–C) groups is 2. The molecule has 0 spiro atoms. The Morgan fingerprint density at radius 1 is 0.595 bits per heavy atom.